The van der Waals surface area contributed by atoms with Crippen molar-refractivity contribution in [3.8, 4) is 17.2 Å². The smallest absolute Gasteiger partial charge is 0.244 e. The predicted octanol–water partition coefficient (Wildman–Crippen LogP) is 3.32. The lowest BCUT2D eigenvalue weighted by atomic mass is 10.1. The number of benzene rings is 2. The standard InChI is InChI=1S/C19H19F2NO4/c1-24-16-8-12(9-17(25-2)19(16)26-3)4-5-18(23)22-11-13-6-14(20)10-15(21)7-13/h4-10H,11H2,1-3H3,(H,22,23)/b5-4+. The Balaban J connectivity index is 2.07. The molecular formula is C19H19F2NO4. The summed E-state index contributed by atoms with van der Waals surface area (Å²) < 4.78 is 42.0. The van der Waals surface area contributed by atoms with Crippen molar-refractivity contribution in [3.05, 3.63) is 59.2 Å². The fraction of sp³-hybridized carbons (Fsp3) is 0.211. The highest BCUT2D eigenvalue weighted by Gasteiger charge is 2.12. The average molecular weight is 363 g/mol. The lowest BCUT2D eigenvalue weighted by Gasteiger charge is -2.12. The van der Waals surface area contributed by atoms with Gasteiger partial charge in [0.05, 0.1) is 21.3 Å². The molecular weight excluding hydrogens is 344 g/mol. The zero-order chi connectivity index (χ0) is 19.1. The van der Waals surface area contributed by atoms with Crippen molar-refractivity contribution in [2.45, 2.75) is 6.54 Å². The van der Waals surface area contributed by atoms with Crippen LogP contribution >= 0.6 is 0 Å². The third-order valence-corrected chi connectivity index (χ3v) is 3.50. The van der Waals surface area contributed by atoms with Crippen LogP contribution in [-0.2, 0) is 11.3 Å². The van der Waals surface area contributed by atoms with E-state index >= 15 is 0 Å². The van der Waals surface area contributed by atoms with Crippen molar-refractivity contribution >= 4 is 12.0 Å². The van der Waals surface area contributed by atoms with Crippen LogP contribution in [-0.4, -0.2) is 27.2 Å². The van der Waals surface area contributed by atoms with Gasteiger partial charge in [-0.1, -0.05) is 0 Å². The van der Waals surface area contributed by atoms with E-state index in [9.17, 15) is 13.6 Å². The molecule has 1 N–H and O–H groups in total. The molecule has 26 heavy (non-hydrogen) atoms. The molecule has 0 aliphatic rings. The van der Waals surface area contributed by atoms with E-state index in [1.807, 2.05) is 0 Å². The first-order chi connectivity index (χ1) is 12.5. The number of carbonyl (C=O) groups is 1. The molecule has 7 heteroatoms. The third-order valence-electron chi connectivity index (χ3n) is 3.50. The summed E-state index contributed by atoms with van der Waals surface area (Å²) in [5.41, 5.74) is 0.989. The fourth-order valence-corrected chi connectivity index (χ4v) is 2.33. The summed E-state index contributed by atoms with van der Waals surface area (Å²) in [6.45, 7) is 0.00705. The van der Waals surface area contributed by atoms with Crippen LogP contribution in [0.5, 0.6) is 17.2 Å². The number of hydrogen-bond donors (Lipinski definition) is 1. The maximum absolute atomic E-state index is 13.1. The van der Waals surface area contributed by atoms with E-state index in [-0.39, 0.29) is 6.54 Å². The molecule has 0 heterocycles. The van der Waals surface area contributed by atoms with Gasteiger partial charge in [-0.25, -0.2) is 8.78 Å². The van der Waals surface area contributed by atoms with Crippen LogP contribution in [0.1, 0.15) is 11.1 Å². The number of hydrogen-bond acceptors (Lipinski definition) is 4. The average Bonchev–Trinajstić information content (AvgIpc) is 2.62. The highest BCUT2D eigenvalue weighted by molar-refractivity contribution is 5.91. The molecule has 0 radical (unpaired) electrons. The van der Waals surface area contributed by atoms with Gasteiger partial charge < -0.3 is 19.5 Å². The summed E-state index contributed by atoms with van der Waals surface area (Å²) in [4.78, 5) is 11.9. The van der Waals surface area contributed by atoms with Crippen LogP contribution in [0, 0.1) is 11.6 Å². The van der Waals surface area contributed by atoms with Gasteiger partial charge in [-0.15, -0.1) is 0 Å². The van der Waals surface area contributed by atoms with E-state index in [2.05, 4.69) is 5.32 Å². The number of halogens is 2. The molecule has 2 aromatic rings. The summed E-state index contributed by atoms with van der Waals surface area (Å²) in [5.74, 6) is -0.429. The van der Waals surface area contributed by atoms with Crippen LogP contribution < -0.4 is 19.5 Å². The third kappa shape index (κ3) is 4.95. The van der Waals surface area contributed by atoms with E-state index in [0.717, 1.165) is 18.2 Å². The Morgan fingerprint density at radius 3 is 2.04 bits per heavy atom. The van der Waals surface area contributed by atoms with Gasteiger partial charge in [-0.3, -0.25) is 4.79 Å². The first-order valence-electron chi connectivity index (χ1n) is 7.67. The Hall–Kier alpha value is -3.09. The highest BCUT2D eigenvalue weighted by Crippen LogP contribution is 2.38. The first-order valence-corrected chi connectivity index (χ1v) is 7.67. The van der Waals surface area contributed by atoms with Crippen molar-refractivity contribution in [1.29, 1.82) is 0 Å². The van der Waals surface area contributed by atoms with Crippen molar-refractivity contribution in [1.82, 2.24) is 5.32 Å². The fourth-order valence-electron chi connectivity index (χ4n) is 2.33. The molecule has 0 atom stereocenters. The van der Waals surface area contributed by atoms with E-state index in [0.29, 0.717) is 28.4 Å². The van der Waals surface area contributed by atoms with E-state index in [4.69, 9.17) is 14.2 Å². The molecule has 0 unspecified atom stereocenters. The summed E-state index contributed by atoms with van der Waals surface area (Å²) >= 11 is 0. The lowest BCUT2D eigenvalue weighted by molar-refractivity contribution is -0.116. The first kappa shape index (κ1) is 19.2. The minimum absolute atomic E-state index is 0.00705. The van der Waals surface area contributed by atoms with Crippen LogP contribution in [0.4, 0.5) is 8.78 Å². The molecule has 0 aromatic heterocycles. The van der Waals surface area contributed by atoms with Crippen molar-refractivity contribution in [2.75, 3.05) is 21.3 Å². The largest absolute Gasteiger partial charge is 0.493 e. The summed E-state index contributed by atoms with van der Waals surface area (Å²) in [6, 6.07) is 6.47. The van der Waals surface area contributed by atoms with Crippen LogP contribution in [0.2, 0.25) is 0 Å². The van der Waals surface area contributed by atoms with Gasteiger partial charge in [-0.2, -0.15) is 0 Å². The maximum Gasteiger partial charge on any atom is 0.244 e. The normalized spacial score (nSPS) is 10.7. The topological polar surface area (TPSA) is 56.8 Å². The predicted molar refractivity (Wildman–Crippen MR) is 93.3 cm³/mol. The number of ether oxygens (including phenoxy) is 3. The van der Waals surface area contributed by atoms with E-state index < -0.39 is 17.5 Å². The molecule has 0 saturated carbocycles. The minimum atomic E-state index is -0.692. The molecule has 0 aliphatic carbocycles. The van der Waals surface area contributed by atoms with Gasteiger partial charge in [0.2, 0.25) is 11.7 Å². The second-order valence-electron chi connectivity index (χ2n) is 5.29. The van der Waals surface area contributed by atoms with Gasteiger partial charge in [0.25, 0.3) is 0 Å². The molecule has 2 rings (SSSR count). The molecule has 0 aliphatic heterocycles. The van der Waals surface area contributed by atoms with Crippen LogP contribution in [0.3, 0.4) is 0 Å². The van der Waals surface area contributed by atoms with Crippen LogP contribution in [0.15, 0.2) is 36.4 Å². The molecule has 0 bridgehead atoms. The van der Waals surface area contributed by atoms with Gasteiger partial charge in [0, 0.05) is 18.7 Å². The van der Waals surface area contributed by atoms with Gasteiger partial charge >= 0.3 is 0 Å². The molecule has 138 valence electrons. The van der Waals surface area contributed by atoms with Gasteiger partial charge in [-0.05, 0) is 41.5 Å². The number of rotatable bonds is 7. The highest BCUT2D eigenvalue weighted by atomic mass is 19.1. The van der Waals surface area contributed by atoms with Gasteiger partial charge in [0.15, 0.2) is 11.5 Å². The summed E-state index contributed by atoms with van der Waals surface area (Å²) in [6.07, 6.45) is 2.86. The van der Waals surface area contributed by atoms with Crippen molar-refractivity contribution < 1.29 is 27.8 Å². The summed E-state index contributed by atoms with van der Waals surface area (Å²) in [7, 11) is 4.49. The number of amides is 1. The monoisotopic (exact) mass is 363 g/mol. The molecule has 5 nitrogen and oxygen atoms in total. The zero-order valence-corrected chi connectivity index (χ0v) is 14.6. The van der Waals surface area contributed by atoms with Crippen molar-refractivity contribution in [2.24, 2.45) is 0 Å². The lowest BCUT2D eigenvalue weighted by Crippen LogP contribution is -2.20. The Morgan fingerprint density at radius 1 is 0.962 bits per heavy atom. The SMILES string of the molecule is COc1cc(/C=C/C(=O)NCc2cc(F)cc(F)c2)cc(OC)c1OC. The Bertz CT molecular complexity index is 776. The molecule has 0 spiro atoms. The molecule has 0 fully saturated rings. The minimum Gasteiger partial charge on any atom is -0.493 e. The molecule has 0 saturated heterocycles. The van der Waals surface area contributed by atoms with Crippen molar-refractivity contribution in [3.63, 3.8) is 0 Å². The number of carbonyl (C=O) groups excluding carboxylic acids is 1. The Morgan fingerprint density at radius 2 is 1.54 bits per heavy atom. The second kappa shape index (κ2) is 8.84. The number of methoxy groups -OCH3 is 3. The van der Waals surface area contributed by atoms with Gasteiger partial charge in [0.1, 0.15) is 11.6 Å². The van der Waals surface area contributed by atoms with E-state index in [1.165, 1.54) is 27.4 Å². The van der Waals surface area contributed by atoms with E-state index in [1.54, 1.807) is 18.2 Å². The maximum atomic E-state index is 13.1. The quantitative estimate of drug-likeness (QED) is 0.767. The molecule has 2 aromatic carbocycles. The summed E-state index contributed by atoms with van der Waals surface area (Å²) in [5, 5.41) is 2.56. The number of nitrogens with one attached hydrogen (secondary N) is 1. The molecule has 1 amide bonds. The van der Waals surface area contributed by atoms with Crippen LogP contribution in [0.25, 0.3) is 6.08 Å². The Kier molecular flexibility index (Phi) is 6.54. The zero-order valence-electron chi connectivity index (χ0n) is 14.6. The second-order valence-corrected chi connectivity index (χ2v) is 5.29. The Labute approximate surface area is 150 Å².